The zero-order valence-electron chi connectivity index (χ0n) is 8.96. The van der Waals surface area contributed by atoms with Crippen molar-refractivity contribution in [2.24, 2.45) is 0 Å². The molecule has 0 heteroatoms. The van der Waals surface area contributed by atoms with Crippen LogP contribution in [0.5, 0.6) is 0 Å². The van der Waals surface area contributed by atoms with Crippen LogP contribution in [-0.2, 0) is 5.41 Å². The average molecular weight is 174 g/mol. The lowest BCUT2D eigenvalue weighted by Crippen LogP contribution is -2.10. The Balaban J connectivity index is 2.94. The van der Waals surface area contributed by atoms with E-state index in [0.717, 1.165) is 0 Å². The minimum absolute atomic E-state index is 0.258. The van der Waals surface area contributed by atoms with Crippen LogP contribution in [0.3, 0.4) is 0 Å². The normalized spacial score (nSPS) is 12.3. The summed E-state index contributed by atoms with van der Waals surface area (Å²) in [7, 11) is 0. The molecule has 0 atom stereocenters. The van der Waals surface area contributed by atoms with Crippen molar-refractivity contribution in [3.63, 3.8) is 0 Å². The van der Waals surface area contributed by atoms with Gasteiger partial charge in [-0.15, -0.1) is 0 Å². The van der Waals surface area contributed by atoms with Crippen molar-refractivity contribution in [3.05, 3.63) is 41.5 Å². The van der Waals surface area contributed by atoms with E-state index in [1.54, 1.807) is 0 Å². The van der Waals surface area contributed by atoms with Crippen molar-refractivity contribution in [1.82, 2.24) is 0 Å². The highest BCUT2D eigenvalue weighted by Crippen LogP contribution is 2.22. The van der Waals surface area contributed by atoms with Gasteiger partial charge in [-0.05, 0) is 23.5 Å². The third-order valence-electron chi connectivity index (χ3n) is 2.14. The van der Waals surface area contributed by atoms with Gasteiger partial charge in [-0.3, -0.25) is 0 Å². The first-order chi connectivity index (χ1) is 6.04. The number of hydrogen-bond acceptors (Lipinski definition) is 0. The molecular formula is C13H18. The minimum Gasteiger partial charge on any atom is -0.0871 e. The van der Waals surface area contributed by atoms with E-state index in [1.807, 2.05) is 6.92 Å². The SMILES string of the molecule is C/C=C/c1ccc(C(C)(C)C)cc1. The smallest absolute Gasteiger partial charge is 0.0132 e. The molecule has 0 radical (unpaired) electrons. The van der Waals surface area contributed by atoms with E-state index in [1.165, 1.54) is 11.1 Å². The molecule has 0 spiro atoms. The second-order valence-corrected chi connectivity index (χ2v) is 4.37. The van der Waals surface area contributed by atoms with Gasteiger partial charge in [-0.1, -0.05) is 57.2 Å². The maximum Gasteiger partial charge on any atom is -0.0132 e. The van der Waals surface area contributed by atoms with Gasteiger partial charge in [0.25, 0.3) is 0 Å². The van der Waals surface area contributed by atoms with Crippen molar-refractivity contribution >= 4 is 6.08 Å². The Morgan fingerprint density at radius 2 is 1.54 bits per heavy atom. The average Bonchev–Trinajstić information content (AvgIpc) is 2.04. The molecule has 0 aliphatic rings. The minimum atomic E-state index is 0.258. The van der Waals surface area contributed by atoms with Crippen LogP contribution < -0.4 is 0 Å². The van der Waals surface area contributed by atoms with E-state index in [0.29, 0.717) is 0 Å². The van der Waals surface area contributed by atoms with Gasteiger partial charge in [0, 0.05) is 0 Å². The summed E-state index contributed by atoms with van der Waals surface area (Å²) in [5, 5.41) is 0. The number of hydrogen-bond donors (Lipinski definition) is 0. The molecular weight excluding hydrogens is 156 g/mol. The predicted octanol–water partition coefficient (Wildman–Crippen LogP) is 4.02. The standard InChI is InChI=1S/C13H18/c1-5-6-11-7-9-12(10-8-11)13(2,3)4/h5-10H,1-4H3/b6-5+. The molecule has 0 aliphatic carbocycles. The van der Waals surface area contributed by atoms with Crippen LogP contribution in [0.1, 0.15) is 38.8 Å². The van der Waals surface area contributed by atoms with Gasteiger partial charge in [0.15, 0.2) is 0 Å². The first-order valence-electron chi connectivity index (χ1n) is 4.77. The van der Waals surface area contributed by atoms with Gasteiger partial charge in [0.1, 0.15) is 0 Å². The van der Waals surface area contributed by atoms with E-state index in [2.05, 4.69) is 57.2 Å². The quantitative estimate of drug-likeness (QED) is 0.603. The second-order valence-electron chi connectivity index (χ2n) is 4.37. The Labute approximate surface area is 81.3 Å². The zero-order chi connectivity index (χ0) is 9.90. The molecule has 70 valence electrons. The fraction of sp³-hybridized carbons (Fsp3) is 0.385. The Bertz CT molecular complexity index is 283. The summed E-state index contributed by atoms with van der Waals surface area (Å²) in [5.41, 5.74) is 2.92. The lowest BCUT2D eigenvalue weighted by atomic mass is 9.87. The summed E-state index contributed by atoms with van der Waals surface area (Å²) in [4.78, 5) is 0. The first-order valence-corrected chi connectivity index (χ1v) is 4.77. The lowest BCUT2D eigenvalue weighted by molar-refractivity contribution is 0.590. The lowest BCUT2D eigenvalue weighted by Gasteiger charge is -2.18. The molecule has 1 aromatic carbocycles. The molecule has 0 saturated heterocycles. The highest BCUT2D eigenvalue weighted by Gasteiger charge is 2.12. The topological polar surface area (TPSA) is 0 Å². The molecule has 0 N–H and O–H groups in total. The Morgan fingerprint density at radius 3 is 1.92 bits per heavy atom. The molecule has 0 nitrogen and oxygen atoms in total. The number of rotatable bonds is 1. The van der Waals surface area contributed by atoms with Gasteiger partial charge < -0.3 is 0 Å². The molecule has 0 heterocycles. The zero-order valence-corrected chi connectivity index (χ0v) is 8.96. The van der Waals surface area contributed by atoms with E-state index >= 15 is 0 Å². The molecule has 1 rings (SSSR count). The molecule has 0 aromatic heterocycles. The predicted molar refractivity (Wildman–Crippen MR) is 59.9 cm³/mol. The molecule has 0 aliphatic heterocycles. The third-order valence-corrected chi connectivity index (χ3v) is 2.14. The fourth-order valence-corrected chi connectivity index (χ4v) is 1.29. The van der Waals surface area contributed by atoms with Crippen molar-refractivity contribution in [2.75, 3.05) is 0 Å². The Hall–Kier alpha value is -1.04. The summed E-state index contributed by atoms with van der Waals surface area (Å²) in [6, 6.07) is 8.74. The highest BCUT2D eigenvalue weighted by atomic mass is 14.2. The van der Waals surface area contributed by atoms with E-state index < -0.39 is 0 Å². The van der Waals surface area contributed by atoms with Gasteiger partial charge in [0.2, 0.25) is 0 Å². The van der Waals surface area contributed by atoms with E-state index in [9.17, 15) is 0 Å². The molecule has 0 amide bonds. The number of allylic oxidation sites excluding steroid dienone is 1. The van der Waals surface area contributed by atoms with Crippen molar-refractivity contribution in [1.29, 1.82) is 0 Å². The molecule has 0 fully saturated rings. The third kappa shape index (κ3) is 2.73. The first kappa shape index (κ1) is 10.0. The summed E-state index contributed by atoms with van der Waals surface area (Å²) in [6.07, 6.45) is 4.18. The second kappa shape index (κ2) is 3.78. The molecule has 0 saturated carbocycles. The van der Waals surface area contributed by atoms with Gasteiger partial charge in [0.05, 0.1) is 0 Å². The highest BCUT2D eigenvalue weighted by molar-refractivity contribution is 5.49. The van der Waals surface area contributed by atoms with Crippen LogP contribution in [0.4, 0.5) is 0 Å². The van der Waals surface area contributed by atoms with Crippen LogP contribution in [0.15, 0.2) is 30.3 Å². The van der Waals surface area contributed by atoms with Crippen LogP contribution in [0.2, 0.25) is 0 Å². The van der Waals surface area contributed by atoms with Gasteiger partial charge in [-0.2, -0.15) is 0 Å². The summed E-state index contributed by atoms with van der Waals surface area (Å²) in [6.45, 7) is 8.74. The maximum atomic E-state index is 2.23. The van der Waals surface area contributed by atoms with E-state index in [-0.39, 0.29) is 5.41 Å². The van der Waals surface area contributed by atoms with Crippen molar-refractivity contribution in [2.45, 2.75) is 33.1 Å². The van der Waals surface area contributed by atoms with Crippen LogP contribution in [0, 0.1) is 0 Å². The van der Waals surface area contributed by atoms with Crippen molar-refractivity contribution < 1.29 is 0 Å². The van der Waals surface area contributed by atoms with Crippen LogP contribution >= 0.6 is 0 Å². The largest absolute Gasteiger partial charge is 0.0871 e. The van der Waals surface area contributed by atoms with E-state index in [4.69, 9.17) is 0 Å². The van der Waals surface area contributed by atoms with Crippen LogP contribution in [0.25, 0.3) is 6.08 Å². The van der Waals surface area contributed by atoms with Crippen molar-refractivity contribution in [3.8, 4) is 0 Å². The fourth-order valence-electron chi connectivity index (χ4n) is 1.29. The van der Waals surface area contributed by atoms with Crippen LogP contribution in [-0.4, -0.2) is 0 Å². The molecule has 1 aromatic rings. The maximum absolute atomic E-state index is 2.23. The molecule has 13 heavy (non-hydrogen) atoms. The molecule has 0 bridgehead atoms. The number of benzene rings is 1. The van der Waals surface area contributed by atoms with Gasteiger partial charge in [-0.25, -0.2) is 0 Å². The Kier molecular flexibility index (Phi) is 2.92. The summed E-state index contributed by atoms with van der Waals surface area (Å²) >= 11 is 0. The summed E-state index contributed by atoms with van der Waals surface area (Å²) in [5.74, 6) is 0. The van der Waals surface area contributed by atoms with Gasteiger partial charge >= 0.3 is 0 Å². The molecule has 0 unspecified atom stereocenters. The Morgan fingerprint density at radius 1 is 1.00 bits per heavy atom. The monoisotopic (exact) mass is 174 g/mol. The summed E-state index contributed by atoms with van der Waals surface area (Å²) < 4.78 is 0.